The van der Waals surface area contributed by atoms with Gasteiger partial charge in [-0.2, -0.15) is 15.2 Å². The summed E-state index contributed by atoms with van der Waals surface area (Å²) in [6, 6.07) is 11.8. The van der Waals surface area contributed by atoms with E-state index in [4.69, 9.17) is 5.11 Å². The van der Waals surface area contributed by atoms with Gasteiger partial charge in [-0.05, 0) is 49.7 Å². The van der Waals surface area contributed by atoms with E-state index < -0.39 is 5.82 Å². The molecule has 0 radical (unpaired) electrons. The van der Waals surface area contributed by atoms with Gasteiger partial charge >= 0.3 is 0 Å². The molecule has 3 aromatic heterocycles. The van der Waals surface area contributed by atoms with E-state index in [1.807, 2.05) is 58.0 Å². The van der Waals surface area contributed by atoms with Gasteiger partial charge in [0.2, 0.25) is 5.95 Å². The van der Waals surface area contributed by atoms with Crippen molar-refractivity contribution in [2.45, 2.75) is 27.7 Å². The van der Waals surface area contributed by atoms with E-state index in [1.165, 1.54) is 6.21 Å². The number of aromatic amines is 1. The maximum absolute atomic E-state index is 14.1. The average Bonchev–Trinajstić information content (AvgIpc) is 3.45. The Labute approximate surface area is 215 Å². The van der Waals surface area contributed by atoms with E-state index in [9.17, 15) is 4.39 Å². The van der Waals surface area contributed by atoms with Crippen molar-refractivity contribution in [2.75, 3.05) is 35.3 Å². The Hall–Kier alpha value is -4.38. The fraction of sp³-hybridized carbons (Fsp3) is 0.269. The topological polar surface area (TPSA) is 127 Å². The number of H-pyrrole nitrogens is 1. The van der Waals surface area contributed by atoms with Gasteiger partial charge in [0.1, 0.15) is 0 Å². The molecule has 0 saturated heterocycles. The highest BCUT2D eigenvalue weighted by atomic mass is 19.1. The van der Waals surface area contributed by atoms with Gasteiger partial charge in [0.05, 0.1) is 42.3 Å². The van der Waals surface area contributed by atoms with E-state index in [1.54, 1.807) is 17.3 Å². The molecule has 0 fully saturated rings. The number of pyridine rings is 1. The normalized spacial score (nSPS) is 10.6. The Morgan fingerprint density at radius 2 is 1.92 bits per heavy atom. The van der Waals surface area contributed by atoms with Gasteiger partial charge in [0.25, 0.3) is 0 Å². The van der Waals surface area contributed by atoms with Gasteiger partial charge in [-0.1, -0.05) is 19.9 Å². The van der Waals surface area contributed by atoms with Gasteiger partial charge in [-0.25, -0.2) is 14.8 Å². The van der Waals surface area contributed by atoms with Crippen LogP contribution in [0.25, 0.3) is 11.3 Å². The Kier molecular flexibility index (Phi) is 10.0. The molecule has 11 heteroatoms. The van der Waals surface area contributed by atoms with Crippen LogP contribution in [0.2, 0.25) is 0 Å². The van der Waals surface area contributed by atoms with Gasteiger partial charge in [-0.3, -0.25) is 10.1 Å². The van der Waals surface area contributed by atoms with Crippen molar-refractivity contribution in [2.24, 2.45) is 5.10 Å². The average molecular weight is 506 g/mol. The molecule has 3 heterocycles. The predicted octanol–water partition coefficient (Wildman–Crippen LogP) is 4.74. The van der Waals surface area contributed by atoms with Crippen molar-refractivity contribution < 1.29 is 9.50 Å². The van der Waals surface area contributed by atoms with Crippen LogP contribution < -0.4 is 15.6 Å². The van der Waals surface area contributed by atoms with Crippen LogP contribution in [0.3, 0.4) is 0 Å². The highest BCUT2D eigenvalue weighted by Crippen LogP contribution is 2.25. The summed E-state index contributed by atoms with van der Waals surface area (Å²) in [6.07, 6.45) is 6.03. The molecule has 0 aliphatic rings. The third-order valence-electron chi connectivity index (χ3n) is 5.23. The lowest BCUT2D eigenvalue weighted by Crippen LogP contribution is -2.28. The van der Waals surface area contributed by atoms with Gasteiger partial charge < -0.3 is 15.3 Å². The molecule has 0 aliphatic heterocycles. The highest BCUT2D eigenvalue weighted by molar-refractivity contribution is 5.78. The van der Waals surface area contributed by atoms with Crippen LogP contribution in [0.15, 0.2) is 60.1 Å². The molecule has 4 rings (SSSR count). The van der Waals surface area contributed by atoms with Crippen LogP contribution in [0.1, 0.15) is 32.0 Å². The number of benzene rings is 1. The second kappa shape index (κ2) is 13.6. The van der Waals surface area contributed by atoms with E-state index in [0.717, 1.165) is 34.4 Å². The van der Waals surface area contributed by atoms with Crippen LogP contribution in [-0.2, 0) is 0 Å². The first-order valence-electron chi connectivity index (χ1n) is 12.1. The predicted molar refractivity (Wildman–Crippen MR) is 146 cm³/mol. The number of aliphatic hydroxyl groups is 1. The second-order valence-corrected chi connectivity index (χ2v) is 7.64. The lowest BCUT2D eigenvalue weighted by atomic mass is 10.1. The minimum atomic E-state index is -0.564. The maximum Gasteiger partial charge on any atom is 0.245 e. The maximum atomic E-state index is 14.1. The smallest absolute Gasteiger partial charge is 0.245 e. The zero-order chi connectivity index (χ0) is 26.6. The fourth-order valence-electron chi connectivity index (χ4n) is 3.50. The van der Waals surface area contributed by atoms with Crippen molar-refractivity contribution in [1.29, 1.82) is 0 Å². The number of anilines is 4. The molecule has 194 valence electrons. The number of nitrogens with zero attached hydrogens (tertiary/aromatic N) is 6. The standard InChI is InChI=1S/C24H26FN9O.C2H6/c1-3-34(10-11-35)23-21(25)15-27-24(31-23)33-29-14-18-4-5-19(13-26-18)30-17-6-7-20(16(2)12-17)22-8-9-28-32-22;1-2/h4-9,12-15,30,35H,3,10-11H2,1-2H3,(H,28,32)(H,27,31,33);1-2H3/b29-14+;. The van der Waals surface area contributed by atoms with Crippen molar-refractivity contribution in [3.05, 3.63) is 72.1 Å². The molecule has 0 aliphatic carbocycles. The number of aliphatic hydroxyl groups excluding tert-OH is 1. The number of hydrogen-bond donors (Lipinski definition) is 4. The number of hydrazone groups is 1. The molecule has 0 atom stereocenters. The molecular formula is C26H32FN9O. The van der Waals surface area contributed by atoms with Gasteiger partial charge in [-0.15, -0.1) is 0 Å². The summed E-state index contributed by atoms with van der Waals surface area (Å²) < 4.78 is 14.1. The van der Waals surface area contributed by atoms with E-state index in [2.05, 4.69) is 47.1 Å². The zero-order valence-corrected chi connectivity index (χ0v) is 21.4. The summed E-state index contributed by atoms with van der Waals surface area (Å²) >= 11 is 0. The number of likely N-dealkylation sites (N-methyl/N-ethyl adjacent to an activating group) is 1. The molecule has 0 saturated carbocycles. The summed E-state index contributed by atoms with van der Waals surface area (Å²) in [7, 11) is 0. The zero-order valence-electron chi connectivity index (χ0n) is 21.4. The summed E-state index contributed by atoms with van der Waals surface area (Å²) in [5.74, 6) is -0.317. The summed E-state index contributed by atoms with van der Waals surface area (Å²) in [6.45, 7) is 8.56. The SMILES string of the molecule is CC.CCN(CCO)c1nc(N/N=C/c2ccc(Nc3ccc(-c4ccn[nH]4)c(C)c3)cn2)ncc1F. The largest absolute Gasteiger partial charge is 0.395 e. The lowest BCUT2D eigenvalue weighted by molar-refractivity contribution is 0.301. The molecule has 0 amide bonds. The van der Waals surface area contributed by atoms with Crippen LogP contribution in [-0.4, -0.2) is 56.2 Å². The Morgan fingerprint density at radius 1 is 1.11 bits per heavy atom. The quantitative estimate of drug-likeness (QED) is 0.180. The van der Waals surface area contributed by atoms with Gasteiger partial charge in [0.15, 0.2) is 11.6 Å². The summed E-state index contributed by atoms with van der Waals surface area (Å²) in [4.78, 5) is 14.1. The van der Waals surface area contributed by atoms with E-state index >= 15 is 0 Å². The molecule has 10 nitrogen and oxygen atoms in total. The van der Waals surface area contributed by atoms with E-state index in [-0.39, 0.29) is 24.9 Å². The van der Waals surface area contributed by atoms with E-state index in [0.29, 0.717) is 12.2 Å². The van der Waals surface area contributed by atoms with Crippen molar-refractivity contribution >= 4 is 29.4 Å². The van der Waals surface area contributed by atoms with Crippen molar-refractivity contribution in [3.63, 3.8) is 0 Å². The van der Waals surface area contributed by atoms with Crippen LogP contribution >= 0.6 is 0 Å². The first-order valence-corrected chi connectivity index (χ1v) is 12.1. The lowest BCUT2D eigenvalue weighted by Gasteiger charge is -2.21. The molecule has 0 bridgehead atoms. The molecule has 1 aromatic carbocycles. The minimum Gasteiger partial charge on any atom is -0.395 e. The monoisotopic (exact) mass is 505 g/mol. The van der Waals surface area contributed by atoms with Crippen LogP contribution in [0.5, 0.6) is 0 Å². The number of halogens is 1. The third-order valence-corrected chi connectivity index (χ3v) is 5.23. The first kappa shape index (κ1) is 27.2. The summed E-state index contributed by atoms with van der Waals surface area (Å²) in [5.41, 5.74) is 8.27. The molecule has 4 N–H and O–H groups in total. The molecule has 37 heavy (non-hydrogen) atoms. The number of hydrogen-bond acceptors (Lipinski definition) is 9. The van der Waals surface area contributed by atoms with Crippen molar-refractivity contribution in [3.8, 4) is 11.3 Å². The Morgan fingerprint density at radius 3 is 2.57 bits per heavy atom. The third kappa shape index (κ3) is 7.31. The number of aromatic nitrogens is 5. The minimum absolute atomic E-state index is 0.106. The second-order valence-electron chi connectivity index (χ2n) is 7.64. The number of aryl methyl sites for hydroxylation is 1. The Bertz CT molecular complexity index is 1280. The number of rotatable bonds is 10. The molecular weight excluding hydrogens is 473 g/mol. The fourth-order valence-corrected chi connectivity index (χ4v) is 3.50. The van der Waals surface area contributed by atoms with Crippen LogP contribution in [0.4, 0.5) is 27.5 Å². The van der Waals surface area contributed by atoms with Gasteiger partial charge in [0, 0.05) is 30.5 Å². The van der Waals surface area contributed by atoms with Crippen molar-refractivity contribution in [1.82, 2.24) is 25.1 Å². The molecule has 0 unspecified atom stereocenters. The molecule has 0 spiro atoms. The van der Waals surface area contributed by atoms with Crippen LogP contribution in [0, 0.1) is 12.7 Å². The molecule has 4 aromatic rings. The first-order chi connectivity index (χ1) is 18.1. The highest BCUT2D eigenvalue weighted by Gasteiger charge is 2.13. The number of nitrogens with one attached hydrogen (secondary N) is 3. The summed E-state index contributed by atoms with van der Waals surface area (Å²) in [5, 5.41) is 23.6. The Balaban J connectivity index is 0.00000186.